The molecule has 0 aliphatic rings. The fourth-order valence-electron chi connectivity index (χ4n) is 2.84. The maximum absolute atomic E-state index is 4.63. The van der Waals surface area contributed by atoms with Crippen molar-refractivity contribution in [2.45, 2.75) is 33.6 Å². The van der Waals surface area contributed by atoms with E-state index in [4.69, 9.17) is 0 Å². The summed E-state index contributed by atoms with van der Waals surface area (Å²) in [6, 6.07) is 23.2. The second-order valence-electron chi connectivity index (χ2n) is 6.68. The van der Waals surface area contributed by atoms with Crippen LogP contribution in [0.2, 0.25) is 0 Å². The van der Waals surface area contributed by atoms with Gasteiger partial charge in [-0.2, -0.15) is 0 Å². The summed E-state index contributed by atoms with van der Waals surface area (Å²) in [5, 5.41) is 0. The molecule has 0 aliphatic carbocycles. The van der Waals surface area contributed by atoms with E-state index < -0.39 is 0 Å². The fraction of sp³-hybridized carbons (Fsp3) is 0.200. The van der Waals surface area contributed by atoms with Crippen LogP contribution in [0, 0.1) is 6.92 Å². The van der Waals surface area contributed by atoms with Crippen LogP contribution < -0.4 is 0 Å². The van der Waals surface area contributed by atoms with E-state index in [0.29, 0.717) is 0 Å². The monoisotopic (exact) mass is 354 g/mol. The third-order valence-electron chi connectivity index (χ3n) is 4.67. The smallest absolute Gasteiger partial charge is 0.0660 e. The van der Waals surface area contributed by atoms with Crippen molar-refractivity contribution in [3.8, 4) is 0 Å². The lowest BCUT2D eigenvalue weighted by Gasteiger charge is -2.02. The Morgan fingerprint density at radius 1 is 0.667 bits per heavy atom. The molecule has 0 unspecified atom stereocenters. The molecular weight excluding hydrogens is 328 g/mol. The van der Waals surface area contributed by atoms with Gasteiger partial charge in [0.05, 0.1) is 11.4 Å². The van der Waals surface area contributed by atoms with Crippen molar-refractivity contribution < 1.29 is 0 Å². The Labute approximate surface area is 162 Å². The zero-order chi connectivity index (χ0) is 19.1. The molecule has 0 heterocycles. The second kappa shape index (κ2) is 9.09. The lowest BCUT2D eigenvalue weighted by molar-refractivity contribution is 1.14. The summed E-state index contributed by atoms with van der Waals surface area (Å²) in [5.41, 5.74) is 7.95. The molecule has 0 fully saturated rings. The predicted octanol–water partition coefficient (Wildman–Crippen LogP) is 6.62. The molecule has 3 rings (SSSR count). The van der Waals surface area contributed by atoms with E-state index in [-0.39, 0.29) is 0 Å². The highest BCUT2D eigenvalue weighted by Gasteiger charge is 1.98. The average Bonchev–Trinajstić information content (AvgIpc) is 2.72. The first-order chi connectivity index (χ1) is 13.2. The standard InChI is InChI=1S/C25H26N2/c1-4-20-6-10-22(11-7-20)17-26-24-14-15-25(19(3)16-24)27-18-23-12-8-21(5-2)9-13-23/h6-18H,4-5H2,1-3H3. The minimum Gasteiger partial charge on any atom is -0.256 e. The molecule has 2 nitrogen and oxygen atoms in total. The maximum Gasteiger partial charge on any atom is 0.0660 e. The predicted molar refractivity (Wildman–Crippen MR) is 117 cm³/mol. The van der Waals surface area contributed by atoms with Gasteiger partial charge in [-0.1, -0.05) is 62.4 Å². The van der Waals surface area contributed by atoms with Crippen LogP contribution in [0.5, 0.6) is 0 Å². The first-order valence-corrected chi connectivity index (χ1v) is 9.54. The van der Waals surface area contributed by atoms with Gasteiger partial charge in [-0.15, -0.1) is 0 Å². The van der Waals surface area contributed by atoms with Crippen LogP contribution in [0.1, 0.15) is 41.7 Å². The Bertz CT molecular complexity index is 933. The van der Waals surface area contributed by atoms with Gasteiger partial charge in [-0.3, -0.25) is 9.98 Å². The lowest BCUT2D eigenvalue weighted by atomic mass is 10.1. The summed E-state index contributed by atoms with van der Waals surface area (Å²) >= 11 is 0. The first kappa shape index (κ1) is 18.8. The molecule has 0 saturated carbocycles. The van der Waals surface area contributed by atoms with Gasteiger partial charge in [0.15, 0.2) is 0 Å². The van der Waals surface area contributed by atoms with Crippen LogP contribution >= 0.6 is 0 Å². The van der Waals surface area contributed by atoms with Gasteiger partial charge in [-0.05, 0) is 65.8 Å². The van der Waals surface area contributed by atoms with Gasteiger partial charge >= 0.3 is 0 Å². The van der Waals surface area contributed by atoms with Crippen molar-refractivity contribution in [2.75, 3.05) is 0 Å². The number of rotatable bonds is 6. The number of aliphatic imine (C=N–C) groups is 2. The topological polar surface area (TPSA) is 24.7 Å². The van der Waals surface area contributed by atoms with Gasteiger partial charge in [0, 0.05) is 12.4 Å². The maximum atomic E-state index is 4.63. The quantitative estimate of drug-likeness (QED) is 0.444. The van der Waals surface area contributed by atoms with E-state index in [1.54, 1.807) is 0 Å². The zero-order valence-corrected chi connectivity index (χ0v) is 16.3. The van der Waals surface area contributed by atoms with E-state index >= 15 is 0 Å². The lowest BCUT2D eigenvalue weighted by Crippen LogP contribution is -1.85. The molecule has 3 aromatic carbocycles. The summed E-state index contributed by atoms with van der Waals surface area (Å²) < 4.78 is 0. The van der Waals surface area contributed by atoms with Gasteiger partial charge in [-0.25, -0.2) is 0 Å². The van der Waals surface area contributed by atoms with Gasteiger partial charge in [0.1, 0.15) is 0 Å². The van der Waals surface area contributed by atoms with Crippen molar-refractivity contribution in [1.82, 2.24) is 0 Å². The Morgan fingerprint density at radius 2 is 1.19 bits per heavy atom. The molecule has 0 N–H and O–H groups in total. The Kier molecular flexibility index (Phi) is 6.32. The van der Waals surface area contributed by atoms with Gasteiger partial charge < -0.3 is 0 Å². The van der Waals surface area contributed by atoms with E-state index in [1.807, 2.05) is 24.6 Å². The average molecular weight is 354 g/mol. The Balaban J connectivity index is 1.70. The molecule has 2 heteroatoms. The highest BCUT2D eigenvalue weighted by atomic mass is 14.7. The summed E-state index contributed by atoms with van der Waals surface area (Å²) in [5.74, 6) is 0. The van der Waals surface area contributed by atoms with Crippen molar-refractivity contribution in [3.63, 3.8) is 0 Å². The van der Waals surface area contributed by atoms with E-state index in [2.05, 4.69) is 85.4 Å². The van der Waals surface area contributed by atoms with Crippen molar-refractivity contribution in [3.05, 3.63) is 94.5 Å². The van der Waals surface area contributed by atoms with Crippen LogP contribution in [-0.4, -0.2) is 12.4 Å². The van der Waals surface area contributed by atoms with Crippen molar-refractivity contribution in [2.24, 2.45) is 9.98 Å². The number of benzene rings is 3. The largest absolute Gasteiger partial charge is 0.256 e. The van der Waals surface area contributed by atoms with Gasteiger partial charge in [0.2, 0.25) is 0 Å². The van der Waals surface area contributed by atoms with Crippen molar-refractivity contribution in [1.29, 1.82) is 0 Å². The highest BCUT2D eigenvalue weighted by molar-refractivity contribution is 5.83. The third-order valence-corrected chi connectivity index (χ3v) is 4.67. The minimum atomic E-state index is 0.943. The summed E-state index contributed by atoms with van der Waals surface area (Å²) in [6.07, 6.45) is 5.94. The Morgan fingerprint density at radius 3 is 1.67 bits per heavy atom. The van der Waals surface area contributed by atoms with E-state index in [1.165, 1.54) is 11.1 Å². The Hall–Kier alpha value is -3.00. The minimum absolute atomic E-state index is 0.943. The SMILES string of the molecule is CCc1ccc(C=Nc2ccc(N=Cc3ccc(CC)cc3)c(C)c2)cc1. The van der Waals surface area contributed by atoms with Crippen LogP contribution in [0.25, 0.3) is 0 Å². The number of aryl methyl sites for hydroxylation is 3. The van der Waals surface area contributed by atoms with Crippen LogP contribution in [-0.2, 0) is 12.8 Å². The molecule has 0 aliphatic heterocycles. The van der Waals surface area contributed by atoms with E-state index in [0.717, 1.165) is 40.9 Å². The zero-order valence-electron chi connectivity index (χ0n) is 16.3. The second-order valence-corrected chi connectivity index (χ2v) is 6.68. The number of nitrogens with zero attached hydrogens (tertiary/aromatic N) is 2. The molecule has 3 aromatic rings. The molecule has 0 saturated heterocycles. The molecule has 136 valence electrons. The van der Waals surface area contributed by atoms with Crippen LogP contribution in [0.3, 0.4) is 0 Å². The molecular formula is C25H26N2. The summed E-state index contributed by atoms with van der Waals surface area (Å²) in [6.45, 7) is 6.40. The molecule has 0 atom stereocenters. The molecule has 0 radical (unpaired) electrons. The summed E-state index contributed by atoms with van der Waals surface area (Å²) in [4.78, 5) is 9.23. The summed E-state index contributed by atoms with van der Waals surface area (Å²) in [7, 11) is 0. The van der Waals surface area contributed by atoms with E-state index in [9.17, 15) is 0 Å². The van der Waals surface area contributed by atoms with Crippen molar-refractivity contribution >= 4 is 23.8 Å². The normalized spacial score (nSPS) is 11.5. The number of hydrogen-bond acceptors (Lipinski definition) is 2. The van der Waals surface area contributed by atoms with Gasteiger partial charge in [0.25, 0.3) is 0 Å². The van der Waals surface area contributed by atoms with Crippen LogP contribution in [0.4, 0.5) is 11.4 Å². The highest BCUT2D eigenvalue weighted by Crippen LogP contribution is 2.24. The molecule has 0 bridgehead atoms. The molecule has 27 heavy (non-hydrogen) atoms. The fourth-order valence-corrected chi connectivity index (χ4v) is 2.84. The third kappa shape index (κ3) is 5.24. The molecule has 0 spiro atoms. The number of hydrogen-bond donors (Lipinski definition) is 0. The van der Waals surface area contributed by atoms with Crippen LogP contribution in [0.15, 0.2) is 76.7 Å². The first-order valence-electron chi connectivity index (χ1n) is 9.54. The molecule has 0 amide bonds. The molecule has 0 aromatic heterocycles.